The van der Waals surface area contributed by atoms with E-state index >= 15 is 0 Å². The average molecular weight is 355 g/mol. The lowest BCUT2D eigenvalue weighted by molar-refractivity contribution is -0.133. The van der Waals surface area contributed by atoms with E-state index in [1.165, 1.54) is 11.1 Å². The first-order valence-electron chi connectivity index (χ1n) is 9.72. The van der Waals surface area contributed by atoms with Gasteiger partial charge >= 0.3 is 0 Å². The maximum Gasteiger partial charge on any atom is 0.225 e. The molecule has 138 valence electrons. The molecule has 0 spiro atoms. The van der Waals surface area contributed by atoms with Gasteiger partial charge < -0.3 is 15.0 Å². The SMILES string of the molecule is O=C(NC1CC1)C1CC(=O)N(C2CN(Cc3ccc4c(c3)CCO4)C2)C1. The molecule has 0 aromatic heterocycles. The predicted molar refractivity (Wildman–Crippen MR) is 95.7 cm³/mol. The van der Waals surface area contributed by atoms with Crippen LogP contribution in [0.15, 0.2) is 18.2 Å². The Morgan fingerprint density at radius 3 is 2.88 bits per heavy atom. The Kier molecular flexibility index (Phi) is 3.89. The molecule has 5 rings (SSSR count). The van der Waals surface area contributed by atoms with Crippen LogP contribution < -0.4 is 10.1 Å². The topological polar surface area (TPSA) is 61.9 Å². The molecule has 0 radical (unpaired) electrons. The van der Waals surface area contributed by atoms with Crippen LogP contribution in [0.4, 0.5) is 0 Å². The van der Waals surface area contributed by atoms with Gasteiger partial charge in [-0.3, -0.25) is 14.5 Å². The monoisotopic (exact) mass is 355 g/mol. The van der Waals surface area contributed by atoms with Gasteiger partial charge in [0.25, 0.3) is 0 Å². The Morgan fingerprint density at radius 1 is 1.23 bits per heavy atom. The highest BCUT2D eigenvalue weighted by atomic mass is 16.5. The van der Waals surface area contributed by atoms with Crippen LogP contribution in [0.2, 0.25) is 0 Å². The van der Waals surface area contributed by atoms with Gasteiger partial charge in [0.1, 0.15) is 5.75 Å². The summed E-state index contributed by atoms with van der Waals surface area (Å²) in [4.78, 5) is 28.8. The molecule has 6 heteroatoms. The average Bonchev–Trinajstić information content (AvgIpc) is 3.14. The van der Waals surface area contributed by atoms with E-state index in [1.54, 1.807) is 0 Å². The number of nitrogens with one attached hydrogen (secondary N) is 1. The molecular weight excluding hydrogens is 330 g/mol. The Balaban J connectivity index is 1.13. The van der Waals surface area contributed by atoms with Crippen molar-refractivity contribution in [1.82, 2.24) is 15.1 Å². The molecule has 1 aromatic carbocycles. The molecule has 1 aliphatic carbocycles. The number of hydrogen-bond acceptors (Lipinski definition) is 4. The number of rotatable bonds is 5. The molecule has 1 aromatic rings. The lowest BCUT2D eigenvalue weighted by Crippen LogP contribution is -2.59. The molecule has 3 fully saturated rings. The second-order valence-electron chi connectivity index (χ2n) is 8.12. The van der Waals surface area contributed by atoms with Crippen molar-refractivity contribution in [2.45, 2.75) is 44.3 Å². The zero-order valence-electron chi connectivity index (χ0n) is 14.9. The number of carbonyl (C=O) groups is 2. The summed E-state index contributed by atoms with van der Waals surface area (Å²) in [6.07, 6.45) is 3.54. The molecule has 6 nitrogen and oxygen atoms in total. The van der Waals surface area contributed by atoms with Gasteiger partial charge in [0.15, 0.2) is 0 Å². The smallest absolute Gasteiger partial charge is 0.225 e. The maximum atomic E-state index is 12.3. The fraction of sp³-hybridized carbons (Fsp3) is 0.600. The standard InChI is InChI=1S/C20H25N3O3/c24-19-8-15(20(25)21-16-2-3-16)10-23(19)17-11-22(12-17)9-13-1-4-18-14(7-13)5-6-26-18/h1,4,7,15-17H,2-3,5-6,8-12H2,(H,21,25). The number of ether oxygens (including phenoxy) is 1. The van der Waals surface area contributed by atoms with Crippen molar-refractivity contribution in [1.29, 1.82) is 0 Å². The van der Waals surface area contributed by atoms with Gasteiger partial charge in [-0.1, -0.05) is 12.1 Å². The highest BCUT2D eigenvalue weighted by Crippen LogP contribution is 2.29. The van der Waals surface area contributed by atoms with Crippen LogP contribution in [0, 0.1) is 5.92 Å². The van der Waals surface area contributed by atoms with Crippen molar-refractivity contribution in [3.05, 3.63) is 29.3 Å². The minimum Gasteiger partial charge on any atom is -0.493 e. The maximum absolute atomic E-state index is 12.3. The third-order valence-electron chi connectivity index (χ3n) is 5.99. The molecule has 0 bridgehead atoms. The number of benzene rings is 1. The van der Waals surface area contributed by atoms with Crippen LogP contribution in [-0.2, 0) is 22.6 Å². The fourth-order valence-electron chi connectivity index (χ4n) is 4.27. The Bertz CT molecular complexity index is 740. The Morgan fingerprint density at radius 2 is 2.08 bits per heavy atom. The molecule has 1 saturated carbocycles. The third-order valence-corrected chi connectivity index (χ3v) is 5.99. The van der Waals surface area contributed by atoms with E-state index in [0.29, 0.717) is 19.0 Å². The van der Waals surface area contributed by atoms with Gasteiger partial charge in [-0.2, -0.15) is 0 Å². The molecule has 26 heavy (non-hydrogen) atoms. The van der Waals surface area contributed by atoms with Crippen molar-refractivity contribution < 1.29 is 14.3 Å². The molecule has 1 N–H and O–H groups in total. The number of amides is 2. The lowest BCUT2D eigenvalue weighted by atomic mass is 10.0. The molecule has 2 amide bonds. The number of carbonyl (C=O) groups excluding carboxylic acids is 2. The zero-order chi connectivity index (χ0) is 17.7. The first-order chi connectivity index (χ1) is 12.7. The van der Waals surface area contributed by atoms with E-state index in [-0.39, 0.29) is 23.8 Å². The van der Waals surface area contributed by atoms with E-state index in [1.807, 2.05) is 4.90 Å². The van der Waals surface area contributed by atoms with Crippen LogP contribution in [0.25, 0.3) is 0 Å². The second kappa shape index (κ2) is 6.27. The van der Waals surface area contributed by atoms with Crippen LogP contribution in [-0.4, -0.2) is 59.9 Å². The molecular formula is C20H25N3O3. The summed E-state index contributed by atoms with van der Waals surface area (Å²) in [5.41, 5.74) is 2.61. The van der Waals surface area contributed by atoms with Gasteiger partial charge in [0.2, 0.25) is 11.8 Å². The van der Waals surface area contributed by atoms with Gasteiger partial charge in [-0.05, 0) is 30.0 Å². The van der Waals surface area contributed by atoms with Gasteiger partial charge in [-0.15, -0.1) is 0 Å². The van der Waals surface area contributed by atoms with Crippen LogP contribution in [0.5, 0.6) is 5.75 Å². The Labute approximate surface area is 153 Å². The number of nitrogens with zero attached hydrogens (tertiary/aromatic N) is 2. The van der Waals surface area contributed by atoms with Crippen molar-refractivity contribution >= 4 is 11.8 Å². The summed E-state index contributed by atoms with van der Waals surface area (Å²) < 4.78 is 5.56. The summed E-state index contributed by atoms with van der Waals surface area (Å²) >= 11 is 0. The summed E-state index contributed by atoms with van der Waals surface area (Å²) in [6, 6.07) is 7.08. The largest absolute Gasteiger partial charge is 0.493 e. The van der Waals surface area contributed by atoms with Crippen LogP contribution in [0.1, 0.15) is 30.4 Å². The molecule has 4 aliphatic rings. The lowest BCUT2D eigenvalue weighted by Gasteiger charge is -2.44. The van der Waals surface area contributed by atoms with E-state index < -0.39 is 0 Å². The Hall–Kier alpha value is -2.08. The first kappa shape index (κ1) is 16.1. The summed E-state index contributed by atoms with van der Waals surface area (Å²) in [7, 11) is 0. The van der Waals surface area contributed by atoms with Crippen molar-refractivity contribution in [3.8, 4) is 5.75 Å². The molecule has 1 unspecified atom stereocenters. The molecule has 3 aliphatic heterocycles. The summed E-state index contributed by atoms with van der Waals surface area (Å²) in [5, 5.41) is 3.04. The minimum atomic E-state index is -0.158. The van der Waals surface area contributed by atoms with E-state index in [0.717, 1.165) is 51.3 Å². The predicted octanol–water partition coefficient (Wildman–Crippen LogP) is 0.933. The number of likely N-dealkylation sites (tertiary alicyclic amines) is 2. The third kappa shape index (κ3) is 3.07. The van der Waals surface area contributed by atoms with Crippen molar-refractivity contribution in [2.75, 3.05) is 26.2 Å². The van der Waals surface area contributed by atoms with E-state index in [4.69, 9.17) is 4.74 Å². The second-order valence-corrected chi connectivity index (χ2v) is 8.12. The quantitative estimate of drug-likeness (QED) is 0.854. The minimum absolute atomic E-state index is 0.0693. The zero-order valence-corrected chi connectivity index (χ0v) is 14.9. The summed E-state index contributed by atoms with van der Waals surface area (Å²) in [5.74, 6) is 1.07. The number of fused-ring (bicyclic) bond motifs is 1. The van der Waals surface area contributed by atoms with E-state index in [9.17, 15) is 9.59 Å². The van der Waals surface area contributed by atoms with Gasteiger partial charge in [0, 0.05) is 45.1 Å². The normalized spacial score (nSPS) is 25.8. The summed E-state index contributed by atoms with van der Waals surface area (Å²) in [6.45, 7) is 4.09. The van der Waals surface area contributed by atoms with Crippen molar-refractivity contribution in [2.24, 2.45) is 5.92 Å². The first-order valence-corrected chi connectivity index (χ1v) is 9.72. The van der Waals surface area contributed by atoms with Gasteiger partial charge in [-0.25, -0.2) is 0 Å². The molecule has 2 saturated heterocycles. The number of hydrogen-bond donors (Lipinski definition) is 1. The molecule has 1 atom stereocenters. The van der Waals surface area contributed by atoms with Crippen molar-refractivity contribution in [3.63, 3.8) is 0 Å². The molecule has 3 heterocycles. The fourth-order valence-corrected chi connectivity index (χ4v) is 4.27. The van der Waals surface area contributed by atoms with Gasteiger partial charge in [0.05, 0.1) is 18.6 Å². The highest BCUT2D eigenvalue weighted by molar-refractivity contribution is 5.89. The van der Waals surface area contributed by atoms with E-state index in [2.05, 4.69) is 28.4 Å². The highest BCUT2D eigenvalue weighted by Gasteiger charge is 2.42. The van der Waals surface area contributed by atoms with Crippen LogP contribution in [0.3, 0.4) is 0 Å². The van der Waals surface area contributed by atoms with Crippen LogP contribution >= 0.6 is 0 Å².